The highest BCUT2D eigenvalue weighted by molar-refractivity contribution is 6.00. The number of fused-ring (bicyclic) bond motifs is 1. The number of nitrogens with one attached hydrogen (secondary N) is 1. The Labute approximate surface area is 177 Å². The molecule has 3 rings (SSSR count). The highest BCUT2D eigenvalue weighted by Crippen LogP contribution is 2.38. The van der Waals surface area contributed by atoms with Crippen LogP contribution in [0, 0.1) is 18.3 Å². The van der Waals surface area contributed by atoms with E-state index in [0.29, 0.717) is 31.8 Å². The molecule has 2 atom stereocenters. The zero-order valence-electron chi connectivity index (χ0n) is 18.4. The van der Waals surface area contributed by atoms with E-state index in [2.05, 4.69) is 26.1 Å². The van der Waals surface area contributed by atoms with Crippen molar-refractivity contribution in [2.75, 3.05) is 26.8 Å². The van der Waals surface area contributed by atoms with E-state index in [1.54, 1.807) is 18.1 Å². The van der Waals surface area contributed by atoms with E-state index in [9.17, 15) is 14.7 Å². The number of methoxy groups -OCH3 is 1. The molecule has 1 fully saturated rings. The molecule has 0 radical (unpaired) electrons. The first-order valence-corrected chi connectivity index (χ1v) is 10.4. The summed E-state index contributed by atoms with van der Waals surface area (Å²) in [6.07, 6.45) is 1.93. The van der Waals surface area contributed by atoms with Crippen molar-refractivity contribution < 1.29 is 19.4 Å². The van der Waals surface area contributed by atoms with Gasteiger partial charge < -0.3 is 20.1 Å². The summed E-state index contributed by atoms with van der Waals surface area (Å²) in [6.45, 7) is 10.3. The maximum absolute atomic E-state index is 12.5. The molecule has 30 heavy (non-hydrogen) atoms. The molecular formula is C22H32N4O4. The van der Waals surface area contributed by atoms with Gasteiger partial charge in [0.25, 0.3) is 5.91 Å². The number of aromatic nitrogens is 2. The second-order valence-electron chi connectivity index (χ2n) is 9.11. The standard InChI is InChI=1S/C22H32N4O4/c1-14-16(20(27)23-9-11-30-5)6-7-18-17(14)13-25(24-18)12-15-8-10-26(21(28)29)19(15)22(2,3)4/h6-7,13,15,19H,8-12H2,1-5H3,(H,23,27)(H,28,29)/t15?,19-/m1/s1. The second kappa shape index (κ2) is 8.63. The molecule has 1 aliphatic rings. The molecule has 2 heterocycles. The van der Waals surface area contributed by atoms with Gasteiger partial charge in [0, 0.05) is 55.9 Å². The summed E-state index contributed by atoms with van der Waals surface area (Å²) in [5.41, 5.74) is 2.19. The lowest BCUT2D eigenvalue weighted by molar-refractivity contribution is 0.0869. The topological polar surface area (TPSA) is 96.7 Å². The van der Waals surface area contributed by atoms with Crippen molar-refractivity contribution in [3.05, 3.63) is 29.5 Å². The molecule has 2 N–H and O–H groups in total. The van der Waals surface area contributed by atoms with Crippen LogP contribution in [0.5, 0.6) is 0 Å². The smallest absolute Gasteiger partial charge is 0.407 e. The maximum atomic E-state index is 12.5. The first kappa shape index (κ1) is 22.1. The lowest BCUT2D eigenvalue weighted by Crippen LogP contribution is -2.46. The summed E-state index contributed by atoms with van der Waals surface area (Å²) in [5.74, 6) is 0.0624. The number of carbonyl (C=O) groups is 2. The number of carbonyl (C=O) groups excluding carboxylic acids is 1. The molecule has 1 unspecified atom stereocenters. The molecule has 8 nitrogen and oxygen atoms in total. The van der Waals surface area contributed by atoms with Gasteiger partial charge in [-0.1, -0.05) is 20.8 Å². The van der Waals surface area contributed by atoms with Gasteiger partial charge in [-0.25, -0.2) is 4.79 Å². The molecular weight excluding hydrogens is 384 g/mol. The van der Waals surface area contributed by atoms with Crippen molar-refractivity contribution in [3.63, 3.8) is 0 Å². The van der Waals surface area contributed by atoms with Crippen LogP contribution in [0.1, 0.15) is 43.1 Å². The Morgan fingerprint density at radius 2 is 2.07 bits per heavy atom. The molecule has 1 saturated heterocycles. The Morgan fingerprint density at radius 3 is 2.70 bits per heavy atom. The number of carboxylic acid groups (broad SMARTS) is 1. The fourth-order valence-corrected chi connectivity index (χ4v) is 4.66. The van der Waals surface area contributed by atoms with Crippen molar-refractivity contribution >= 4 is 22.9 Å². The predicted molar refractivity (Wildman–Crippen MR) is 115 cm³/mol. The van der Waals surface area contributed by atoms with E-state index in [1.807, 2.05) is 23.9 Å². The quantitative estimate of drug-likeness (QED) is 0.705. The van der Waals surface area contributed by atoms with Crippen LogP contribution in [0.25, 0.3) is 10.9 Å². The average Bonchev–Trinajstić information content (AvgIpc) is 3.26. The number of likely N-dealkylation sites (tertiary alicyclic amines) is 1. The molecule has 2 amide bonds. The second-order valence-corrected chi connectivity index (χ2v) is 9.11. The number of ether oxygens (including phenoxy) is 1. The average molecular weight is 417 g/mol. The zero-order valence-corrected chi connectivity index (χ0v) is 18.4. The number of benzene rings is 1. The van der Waals surface area contributed by atoms with E-state index < -0.39 is 6.09 Å². The van der Waals surface area contributed by atoms with Crippen LogP contribution >= 0.6 is 0 Å². The van der Waals surface area contributed by atoms with Crippen LogP contribution < -0.4 is 5.32 Å². The van der Waals surface area contributed by atoms with Crippen LogP contribution in [0.15, 0.2) is 18.3 Å². The van der Waals surface area contributed by atoms with E-state index in [1.165, 1.54) is 0 Å². The molecule has 0 aliphatic carbocycles. The first-order chi connectivity index (χ1) is 14.1. The zero-order chi connectivity index (χ0) is 22.1. The van der Waals surface area contributed by atoms with Gasteiger partial charge in [0.05, 0.1) is 12.1 Å². The third-order valence-corrected chi connectivity index (χ3v) is 5.92. The van der Waals surface area contributed by atoms with Crippen LogP contribution in [0.3, 0.4) is 0 Å². The van der Waals surface area contributed by atoms with E-state index in [0.717, 1.165) is 22.9 Å². The van der Waals surface area contributed by atoms with Crippen molar-refractivity contribution in [2.45, 2.75) is 46.7 Å². The summed E-state index contributed by atoms with van der Waals surface area (Å²) in [5, 5.41) is 18.1. The Hall–Kier alpha value is -2.61. The third kappa shape index (κ3) is 4.43. The van der Waals surface area contributed by atoms with Gasteiger partial charge in [-0.3, -0.25) is 9.48 Å². The molecule has 1 aliphatic heterocycles. The van der Waals surface area contributed by atoms with Crippen LogP contribution in [0.2, 0.25) is 0 Å². The van der Waals surface area contributed by atoms with Crippen LogP contribution in [-0.2, 0) is 11.3 Å². The number of amides is 2. The van der Waals surface area contributed by atoms with E-state index in [4.69, 9.17) is 9.84 Å². The van der Waals surface area contributed by atoms with E-state index >= 15 is 0 Å². The maximum Gasteiger partial charge on any atom is 0.407 e. The van der Waals surface area contributed by atoms with Gasteiger partial charge in [0.15, 0.2) is 0 Å². The summed E-state index contributed by atoms with van der Waals surface area (Å²) in [4.78, 5) is 25.7. The normalized spacial score (nSPS) is 19.4. The number of hydrogen-bond donors (Lipinski definition) is 2. The fourth-order valence-electron chi connectivity index (χ4n) is 4.66. The summed E-state index contributed by atoms with van der Waals surface area (Å²) in [6, 6.07) is 3.60. The SMILES string of the molecule is COCCNC(=O)c1ccc2nn(CC3CCN(C(=O)O)[C@H]3C(C)(C)C)cc2c1C. The number of nitrogens with zero attached hydrogens (tertiary/aromatic N) is 3. The minimum absolute atomic E-state index is 0.0643. The minimum Gasteiger partial charge on any atom is -0.465 e. The van der Waals surface area contributed by atoms with Gasteiger partial charge in [-0.15, -0.1) is 0 Å². The number of hydrogen-bond acceptors (Lipinski definition) is 4. The van der Waals surface area contributed by atoms with Gasteiger partial charge in [0.1, 0.15) is 0 Å². The van der Waals surface area contributed by atoms with Gasteiger partial charge in [-0.05, 0) is 36.5 Å². The minimum atomic E-state index is -0.858. The lowest BCUT2D eigenvalue weighted by Gasteiger charge is -2.37. The van der Waals surface area contributed by atoms with Crippen molar-refractivity contribution in [1.82, 2.24) is 20.0 Å². The number of rotatable bonds is 6. The Morgan fingerprint density at radius 1 is 1.33 bits per heavy atom. The predicted octanol–water partition coefficient (Wildman–Crippen LogP) is 3.14. The van der Waals surface area contributed by atoms with Crippen LogP contribution in [-0.4, -0.2) is 64.6 Å². The van der Waals surface area contributed by atoms with E-state index in [-0.39, 0.29) is 23.3 Å². The third-order valence-electron chi connectivity index (χ3n) is 5.92. The molecule has 8 heteroatoms. The molecule has 1 aromatic carbocycles. The molecule has 164 valence electrons. The molecule has 0 spiro atoms. The number of aryl methyl sites for hydroxylation is 1. The van der Waals surface area contributed by atoms with Crippen LogP contribution in [0.4, 0.5) is 4.79 Å². The van der Waals surface area contributed by atoms with Crippen molar-refractivity contribution in [2.24, 2.45) is 11.3 Å². The highest BCUT2D eigenvalue weighted by atomic mass is 16.5. The molecule has 0 saturated carbocycles. The summed E-state index contributed by atoms with van der Waals surface area (Å²) in [7, 11) is 1.60. The Balaban J connectivity index is 1.83. The van der Waals surface area contributed by atoms with Crippen molar-refractivity contribution in [1.29, 1.82) is 0 Å². The first-order valence-electron chi connectivity index (χ1n) is 10.4. The summed E-state index contributed by atoms with van der Waals surface area (Å²) >= 11 is 0. The Kier molecular flexibility index (Phi) is 6.36. The molecule has 0 bridgehead atoms. The lowest BCUT2D eigenvalue weighted by atomic mass is 9.79. The monoisotopic (exact) mass is 416 g/mol. The Bertz CT molecular complexity index is 931. The molecule has 1 aromatic heterocycles. The van der Waals surface area contributed by atoms with Crippen molar-refractivity contribution in [3.8, 4) is 0 Å². The summed E-state index contributed by atoms with van der Waals surface area (Å²) < 4.78 is 6.88. The highest BCUT2D eigenvalue weighted by Gasteiger charge is 2.44. The van der Waals surface area contributed by atoms with Gasteiger partial charge >= 0.3 is 6.09 Å². The largest absolute Gasteiger partial charge is 0.465 e. The van der Waals surface area contributed by atoms with Gasteiger partial charge in [0.2, 0.25) is 0 Å². The van der Waals surface area contributed by atoms with Gasteiger partial charge in [-0.2, -0.15) is 5.10 Å². The molecule has 2 aromatic rings. The fraction of sp³-hybridized carbons (Fsp3) is 0.591.